The van der Waals surface area contributed by atoms with Crippen LogP contribution in [-0.2, 0) is 6.54 Å². The summed E-state index contributed by atoms with van der Waals surface area (Å²) >= 11 is 6.63. The predicted octanol–water partition coefficient (Wildman–Crippen LogP) is 5.11. The molecular formula is C26H30ClF3N6. The normalized spacial score (nSPS) is 20.2. The molecule has 1 atom stereocenters. The van der Waals surface area contributed by atoms with Gasteiger partial charge in [0.05, 0.1) is 5.02 Å². The lowest BCUT2D eigenvalue weighted by molar-refractivity contribution is 0.0604. The summed E-state index contributed by atoms with van der Waals surface area (Å²) < 4.78 is 41.4. The SMILES string of the molecule is CC[C@H]1CN(c2ncc(-c3ncc[nH]3)cc2Cl)CCN1C1CCN(Cc2c(F)cc(F)cc2F)CC1. The molecule has 192 valence electrons. The maximum Gasteiger partial charge on any atom is 0.147 e. The van der Waals surface area contributed by atoms with E-state index < -0.39 is 17.5 Å². The van der Waals surface area contributed by atoms with Gasteiger partial charge in [0.1, 0.15) is 29.1 Å². The van der Waals surface area contributed by atoms with Gasteiger partial charge >= 0.3 is 0 Å². The van der Waals surface area contributed by atoms with Gasteiger partial charge in [0.15, 0.2) is 0 Å². The van der Waals surface area contributed by atoms with Gasteiger partial charge in [-0.05, 0) is 38.4 Å². The van der Waals surface area contributed by atoms with Crippen LogP contribution < -0.4 is 4.90 Å². The Morgan fingerprint density at radius 2 is 1.78 bits per heavy atom. The highest BCUT2D eigenvalue weighted by atomic mass is 35.5. The molecule has 2 saturated heterocycles. The summed E-state index contributed by atoms with van der Waals surface area (Å²) in [4.78, 5) is 18.9. The van der Waals surface area contributed by atoms with E-state index in [2.05, 4.69) is 36.6 Å². The molecule has 1 N–H and O–H groups in total. The Bertz CT molecular complexity index is 1160. The molecule has 5 rings (SSSR count). The molecule has 0 bridgehead atoms. The van der Waals surface area contributed by atoms with Gasteiger partial charge in [-0.15, -0.1) is 0 Å². The molecule has 1 aromatic carbocycles. The van der Waals surface area contributed by atoms with Gasteiger partial charge in [-0.1, -0.05) is 18.5 Å². The average molecular weight is 519 g/mol. The van der Waals surface area contributed by atoms with Gasteiger partial charge in [-0.3, -0.25) is 9.80 Å². The van der Waals surface area contributed by atoms with Crippen LogP contribution in [-0.4, -0.2) is 69.6 Å². The quantitative estimate of drug-likeness (QED) is 0.491. The van der Waals surface area contributed by atoms with Crippen molar-refractivity contribution in [3.05, 3.63) is 64.8 Å². The predicted molar refractivity (Wildman–Crippen MR) is 134 cm³/mol. The van der Waals surface area contributed by atoms with Crippen LogP contribution in [0.15, 0.2) is 36.8 Å². The van der Waals surface area contributed by atoms with E-state index in [0.29, 0.717) is 17.1 Å². The average Bonchev–Trinajstić information content (AvgIpc) is 3.41. The molecule has 3 aromatic rings. The number of aromatic amines is 1. The number of H-pyrrole nitrogens is 1. The van der Waals surface area contributed by atoms with Crippen molar-refractivity contribution >= 4 is 17.4 Å². The number of piperazine rings is 1. The molecule has 2 aliphatic heterocycles. The van der Waals surface area contributed by atoms with Crippen LogP contribution in [0, 0.1) is 17.5 Å². The van der Waals surface area contributed by atoms with Crippen LogP contribution in [0.4, 0.5) is 19.0 Å². The number of anilines is 1. The third kappa shape index (κ3) is 5.23. The highest BCUT2D eigenvalue weighted by Gasteiger charge is 2.34. The van der Waals surface area contributed by atoms with E-state index >= 15 is 0 Å². The van der Waals surface area contributed by atoms with Crippen LogP contribution in [0.25, 0.3) is 11.4 Å². The first-order chi connectivity index (χ1) is 17.4. The lowest BCUT2D eigenvalue weighted by Crippen LogP contribution is -2.58. The molecule has 0 radical (unpaired) electrons. The highest BCUT2D eigenvalue weighted by Crippen LogP contribution is 2.31. The number of nitrogens with one attached hydrogen (secondary N) is 1. The van der Waals surface area contributed by atoms with Gasteiger partial charge in [0.25, 0.3) is 0 Å². The highest BCUT2D eigenvalue weighted by molar-refractivity contribution is 6.33. The third-order valence-corrected chi connectivity index (χ3v) is 7.68. The van der Waals surface area contributed by atoms with Gasteiger partial charge in [-0.2, -0.15) is 0 Å². The molecule has 10 heteroatoms. The second-order valence-electron chi connectivity index (χ2n) is 9.57. The number of piperidine rings is 1. The Morgan fingerprint density at radius 3 is 2.42 bits per heavy atom. The zero-order chi connectivity index (χ0) is 25.2. The van der Waals surface area contributed by atoms with Crippen molar-refractivity contribution in [2.45, 2.75) is 44.8 Å². The third-order valence-electron chi connectivity index (χ3n) is 7.41. The summed E-state index contributed by atoms with van der Waals surface area (Å²) in [5.74, 6) is -0.989. The monoisotopic (exact) mass is 518 g/mol. The summed E-state index contributed by atoms with van der Waals surface area (Å²) in [5, 5.41) is 0.612. The summed E-state index contributed by atoms with van der Waals surface area (Å²) in [6.45, 7) is 6.44. The minimum atomic E-state index is -0.887. The standard InChI is InChI=1S/C26H30ClF3N6/c1-2-19-15-35(26-22(27)11-17(14-33-26)25-31-5-6-32-25)9-10-36(19)20-3-7-34(8-4-20)16-21-23(29)12-18(28)13-24(21)30/h5-6,11-14,19-20H,2-4,7-10,15-16H2,1H3,(H,31,32)/t19-/m0/s1. The minimum Gasteiger partial charge on any atom is -0.353 e. The first-order valence-electron chi connectivity index (χ1n) is 12.4. The summed E-state index contributed by atoms with van der Waals surface area (Å²) in [6.07, 6.45) is 8.13. The second kappa shape index (κ2) is 10.8. The Balaban J connectivity index is 1.19. The summed E-state index contributed by atoms with van der Waals surface area (Å²) in [5.41, 5.74) is 0.795. The zero-order valence-corrected chi connectivity index (χ0v) is 21.0. The van der Waals surface area contributed by atoms with Gasteiger partial charge < -0.3 is 9.88 Å². The molecule has 4 heterocycles. The number of rotatable bonds is 6. The number of aromatic nitrogens is 3. The molecule has 36 heavy (non-hydrogen) atoms. The molecule has 0 spiro atoms. The Labute approximate surface area is 214 Å². The fraction of sp³-hybridized carbons (Fsp3) is 0.462. The zero-order valence-electron chi connectivity index (χ0n) is 20.2. The van der Waals surface area contributed by atoms with E-state index in [1.54, 1.807) is 18.6 Å². The Morgan fingerprint density at radius 1 is 1.03 bits per heavy atom. The van der Waals surface area contributed by atoms with Crippen molar-refractivity contribution in [2.24, 2.45) is 0 Å². The number of pyridine rings is 1. The molecule has 0 saturated carbocycles. The van der Waals surface area contributed by atoms with Crippen LogP contribution >= 0.6 is 11.6 Å². The molecule has 0 amide bonds. The molecule has 0 unspecified atom stereocenters. The van der Waals surface area contributed by atoms with E-state index in [1.165, 1.54) is 0 Å². The van der Waals surface area contributed by atoms with Gasteiger partial charge in [-0.25, -0.2) is 23.1 Å². The summed E-state index contributed by atoms with van der Waals surface area (Å²) in [6, 6.07) is 4.19. The Kier molecular flexibility index (Phi) is 7.50. The first-order valence-corrected chi connectivity index (χ1v) is 12.8. The lowest BCUT2D eigenvalue weighted by Gasteiger charge is -2.47. The lowest BCUT2D eigenvalue weighted by atomic mass is 9.97. The number of benzene rings is 1. The number of hydrogen-bond acceptors (Lipinski definition) is 5. The van der Waals surface area contributed by atoms with Crippen molar-refractivity contribution in [1.29, 1.82) is 0 Å². The number of imidazole rings is 1. The largest absolute Gasteiger partial charge is 0.353 e. The molecule has 2 aromatic heterocycles. The maximum absolute atomic E-state index is 14.1. The van der Waals surface area contributed by atoms with Crippen molar-refractivity contribution in [3.8, 4) is 11.4 Å². The number of hydrogen-bond donors (Lipinski definition) is 1. The van der Waals surface area contributed by atoms with E-state index in [-0.39, 0.29) is 12.1 Å². The van der Waals surface area contributed by atoms with Crippen molar-refractivity contribution < 1.29 is 13.2 Å². The summed E-state index contributed by atoms with van der Waals surface area (Å²) in [7, 11) is 0. The fourth-order valence-corrected chi connectivity index (χ4v) is 5.76. The van der Waals surface area contributed by atoms with E-state index in [9.17, 15) is 13.2 Å². The van der Waals surface area contributed by atoms with Crippen LogP contribution in [0.2, 0.25) is 5.02 Å². The van der Waals surface area contributed by atoms with Gasteiger partial charge in [0, 0.05) is 80.1 Å². The second-order valence-corrected chi connectivity index (χ2v) is 9.98. The molecule has 2 fully saturated rings. The van der Waals surface area contributed by atoms with Crippen LogP contribution in [0.5, 0.6) is 0 Å². The van der Waals surface area contributed by atoms with Crippen molar-refractivity contribution in [1.82, 2.24) is 24.8 Å². The molecule has 2 aliphatic rings. The maximum atomic E-state index is 14.1. The van der Waals surface area contributed by atoms with Crippen LogP contribution in [0.1, 0.15) is 31.7 Å². The number of likely N-dealkylation sites (tertiary alicyclic amines) is 1. The topological polar surface area (TPSA) is 51.3 Å². The van der Waals surface area contributed by atoms with Crippen molar-refractivity contribution in [3.63, 3.8) is 0 Å². The Hall–Kier alpha value is -2.62. The van der Waals surface area contributed by atoms with Gasteiger partial charge in [0.2, 0.25) is 0 Å². The minimum absolute atomic E-state index is 0.0580. The molecule has 6 nitrogen and oxygen atoms in total. The fourth-order valence-electron chi connectivity index (χ4n) is 5.48. The van der Waals surface area contributed by atoms with E-state index in [0.717, 1.165) is 81.3 Å². The van der Waals surface area contributed by atoms with Crippen LogP contribution in [0.3, 0.4) is 0 Å². The molecule has 0 aliphatic carbocycles. The molecular weight excluding hydrogens is 489 g/mol. The smallest absolute Gasteiger partial charge is 0.147 e. The van der Waals surface area contributed by atoms with E-state index in [1.807, 2.05) is 6.07 Å². The first kappa shape index (κ1) is 25.0. The number of halogens is 4. The number of nitrogens with zero attached hydrogens (tertiary/aromatic N) is 5. The van der Waals surface area contributed by atoms with E-state index in [4.69, 9.17) is 11.6 Å². The van der Waals surface area contributed by atoms with Crippen molar-refractivity contribution in [2.75, 3.05) is 37.6 Å².